The molecule has 0 aromatic carbocycles. The first-order chi connectivity index (χ1) is 8.20. The molecule has 2 fully saturated rings. The number of aryl methyl sites for hydroxylation is 1. The zero-order valence-electron chi connectivity index (χ0n) is 10.6. The lowest BCUT2D eigenvalue weighted by molar-refractivity contribution is 0.239. The molecule has 1 aromatic rings. The van der Waals surface area contributed by atoms with Crippen LogP contribution in [0.2, 0.25) is 5.28 Å². The third-order valence-corrected chi connectivity index (χ3v) is 5.12. The molecule has 3 nitrogen and oxygen atoms in total. The van der Waals surface area contributed by atoms with E-state index in [1.54, 1.807) is 0 Å². The number of fused-ring (bicyclic) bond motifs is 2. The third kappa shape index (κ3) is 1.79. The minimum Gasteiger partial charge on any atom is -0.299 e. The molecule has 1 heterocycles. The summed E-state index contributed by atoms with van der Waals surface area (Å²) in [7, 11) is 0. The fourth-order valence-electron chi connectivity index (χ4n) is 4.02. The van der Waals surface area contributed by atoms with Crippen LogP contribution in [-0.2, 0) is 6.42 Å². The second-order valence-corrected chi connectivity index (χ2v) is 6.03. The van der Waals surface area contributed by atoms with Crippen molar-refractivity contribution in [2.75, 3.05) is 0 Å². The Morgan fingerprint density at radius 3 is 2.76 bits per heavy atom. The van der Waals surface area contributed by atoms with E-state index in [1.807, 2.05) is 0 Å². The number of aromatic nitrogens is 3. The van der Waals surface area contributed by atoms with Gasteiger partial charge in [0.05, 0.1) is 0 Å². The van der Waals surface area contributed by atoms with Crippen molar-refractivity contribution < 1.29 is 0 Å². The monoisotopic (exact) mass is 253 g/mol. The summed E-state index contributed by atoms with van der Waals surface area (Å²) >= 11 is 6.19. The molecule has 2 saturated carbocycles. The van der Waals surface area contributed by atoms with Gasteiger partial charge in [-0.3, -0.25) is 4.57 Å². The van der Waals surface area contributed by atoms with Gasteiger partial charge in [-0.25, -0.2) is 0 Å². The van der Waals surface area contributed by atoms with Crippen LogP contribution >= 0.6 is 11.6 Å². The smallest absolute Gasteiger partial charge is 0.225 e. The van der Waals surface area contributed by atoms with Gasteiger partial charge in [0.25, 0.3) is 0 Å². The first-order valence-corrected chi connectivity index (χ1v) is 7.17. The molecule has 0 aliphatic heterocycles. The number of halogens is 1. The Morgan fingerprint density at radius 1 is 1.35 bits per heavy atom. The Kier molecular flexibility index (Phi) is 2.89. The molecule has 94 valence electrons. The highest BCUT2D eigenvalue weighted by Gasteiger charge is 2.42. The van der Waals surface area contributed by atoms with Crippen molar-refractivity contribution in [1.29, 1.82) is 0 Å². The van der Waals surface area contributed by atoms with E-state index in [9.17, 15) is 0 Å². The molecule has 4 atom stereocenters. The molecule has 2 aliphatic rings. The van der Waals surface area contributed by atoms with Gasteiger partial charge in [-0.15, -0.1) is 10.2 Å². The minimum atomic E-state index is 0.461. The van der Waals surface area contributed by atoms with Gasteiger partial charge in [0.1, 0.15) is 5.82 Å². The number of rotatable bonds is 3. The molecule has 1 aromatic heterocycles. The lowest BCUT2D eigenvalue weighted by Crippen LogP contribution is -2.23. The molecule has 4 unspecified atom stereocenters. The van der Waals surface area contributed by atoms with Crippen LogP contribution in [0.1, 0.15) is 51.4 Å². The van der Waals surface area contributed by atoms with E-state index in [4.69, 9.17) is 11.6 Å². The molecule has 0 spiro atoms. The summed E-state index contributed by atoms with van der Waals surface area (Å²) in [6, 6.07) is 0.461. The Bertz CT molecular complexity index is 415. The number of hydrogen-bond donors (Lipinski definition) is 0. The van der Waals surface area contributed by atoms with Gasteiger partial charge in [-0.2, -0.15) is 0 Å². The van der Waals surface area contributed by atoms with Gasteiger partial charge in [0.2, 0.25) is 5.28 Å². The van der Waals surface area contributed by atoms with E-state index in [2.05, 4.69) is 28.6 Å². The average molecular weight is 254 g/mol. The number of hydrogen-bond acceptors (Lipinski definition) is 2. The summed E-state index contributed by atoms with van der Waals surface area (Å²) in [4.78, 5) is 0. The van der Waals surface area contributed by atoms with Gasteiger partial charge in [0.15, 0.2) is 0 Å². The molecule has 2 bridgehead atoms. The molecule has 0 N–H and O–H groups in total. The fourth-order valence-corrected chi connectivity index (χ4v) is 4.31. The quantitative estimate of drug-likeness (QED) is 0.826. The molecule has 0 amide bonds. The minimum absolute atomic E-state index is 0.461. The second kappa shape index (κ2) is 4.27. The Hall–Kier alpha value is -0.570. The second-order valence-electron chi connectivity index (χ2n) is 5.69. The molecular weight excluding hydrogens is 234 g/mol. The van der Waals surface area contributed by atoms with Crippen LogP contribution < -0.4 is 0 Å². The first kappa shape index (κ1) is 11.5. The lowest BCUT2D eigenvalue weighted by atomic mass is 9.84. The van der Waals surface area contributed by atoms with Crippen molar-refractivity contribution >= 4 is 11.6 Å². The summed E-state index contributed by atoms with van der Waals surface area (Å²) in [5.74, 6) is 3.71. The fraction of sp³-hybridized carbons (Fsp3) is 0.846. The van der Waals surface area contributed by atoms with Gasteiger partial charge in [0, 0.05) is 12.5 Å². The largest absolute Gasteiger partial charge is 0.299 e. The van der Waals surface area contributed by atoms with Crippen molar-refractivity contribution in [3.8, 4) is 0 Å². The molecule has 17 heavy (non-hydrogen) atoms. The van der Waals surface area contributed by atoms with Crippen molar-refractivity contribution in [1.82, 2.24) is 14.8 Å². The predicted octanol–water partition coefficient (Wildman–Crippen LogP) is 3.49. The van der Waals surface area contributed by atoms with Gasteiger partial charge >= 0.3 is 0 Å². The Labute approximate surface area is 108 Å². The molecule has 3 rings (SSSR count). The van der Waals surface area contributed by atoms with Crippen molar-refractivity contribution in [2.24, 2.45) is 17.8 Å². The van der Waals surface area contributed by atoms with Crippen LogP contribution in [0.3, 0.4) is 0 Å². The summed E-state index contributed by atoms with van der Waals surface area (Å²) < 4.78 is 2.16. The van der Waals surface area contributed by atoms with E-state index in [-0.39, 0.29) is 0 Å². The summed E-state index contributed by atoms with van der Waals surface area (Å²) in [6.45, 7) is 4.41. The number of nitrogens with zero attached hydrogens (tertiary/aromatic N) is 3. The van der Waals surface area contributed by atoms with Crippen LogP contribution in [0.15, 0.2) is 0 Å². The molecule has 0 saturated heterocycles. The Balaban J connectivity index is 1.86. The topological polar surface area (TPSA) is 30.7 Å². The standard InChI is InChI=1S/C13H20ClN3/c1-3-12-15-16-13(14)17(12)8(2)11-7-9-4-5-10(11)6-9/h8-11H,3-7H2,1-2H3. The normalized spacial score (nSPS) is 33.2. The van der Waals surface area contributed by atoms with Gasteiger partial charge in [-0.1, -0.05) is 13.3 Å². The first-order valence-electron chi connectivity index (χ1n) is 6.80. The van der Waals surface area contributed by atoms with E-state index < -0.39 is 0 Å². The van der Waals surface area contributed by atoms with Crippen LogP contribution in [0.5, 0.6) is 0 Å². The predicted molar refractivity (Wildman–Crippen MR) is 68.1 cm³/mol. The zero-order valence-corrected chi connectivity index (χ0v) is 11.3. The third-order valence-electron chi connectivity index (χ3n) is 4.86. The zero-order chi connectivity index (χ0) is 12.0. The van der Waals surface area contributed by atoms with E-state index >= 15 is 0 Å². The van der Waals surface area contributed by atoms with E-state index in [1.165, 1.54) is 25.7 Å². The molecular formula is C13H20ClN3. The molecule has 0 radical (unpaired) electrons. The van der Waals surface area contributed by atoms with E-state index in [0.717, 1.165) is 30.0 Å². The van der Waals surface area contributed by atoms with Crippen molar-refractivity contribution in [3.63, 3.8) is 0 Å². The average Bonchev–Trinajstić information content (AvgIpc) is 3.01. The molecule has 2 aliphatic carbocycles. The van der Waals surface area contributed by atoms with Gasteiger partial charge in [-0.05, 0) is 55.5 Å². The Morgan fingerprint density at radius 2 is 2.18 bits per heavy atom. The SMILES string of the molecule is CCc1nnc(Cl)n1C(C)C1CC2CCC1C2. The highest BCUT2D eigenvalue weighted by atomic mass is 35.5. The lowest BCUT2D eigenvalue weighted by Gasteiger charge is -2.29. The summed E-state index contributed by atoms with van der Waals surface area (Å²) in [5.41, 5.74) is 0. The van der Waals surface area contributed by atoms with Crippen molar-refractivity contribution in [2.45, 2.75) is 52.0 Å². The maximum atomic E-state index is 6.19. The maximum absolute atomic E-state index is 6.19. The maximum Gasteiger partial charge on any atom is 0.225 e. The highest BCUT2D eigenvalue weighted by Crippen LogP contribution is 2.52. The van der Waals surface area contributed by atoms with Gasteiger partial charge < -0.3 is 0 Å². The van der Waals surface area contributed by atoms with Crippen LogP contribution in [0.25, 0.3) is 0 Å². The summed E-state index contributed by atoms with van der Waals surface area (Å²) in [6.07, 6.45) is 6.59. The highest BCUT2D eigenvalue weighted by molar-refractivity contribution is 6.28. The summed E-state index contributed by atoms with van der Waals surface area (Å²) in [5, 5.41) is 8.76. The van der Waals surface area contributed by atoms with Crippen molar-refractivity contribution in [3.05, 3.63) is 11.1 Å². The van der Waals surface area contributed by atoms with E-state index in [0.29, 0.717) is 11.3 Å². The van der Waals surface area contributed by atoms with Crippen LogP contribution in [0, 0.1) is 17.8 Å². The van der Waals surface area contributed by atoms with Crippen LogP contribution in [0.4, 0.5) is 0 Å². The van der Waals surface area contributed by atoms with Crippen LogP contribution in [-0.4, -0.2) is 14.8 Å². The molecule has 4 heteroatoms.